The van der Waals surface area contributed by atoms with E-state index in [0.29, 0.717) is 0 Å². The van der Waals surface area contributed by atoms with Crippen molar-refractivity contribution < 1.29 is 14.6 Å². The summed E-state index contributed by atoms with van der Waals surface area (Å²) in [4.78, 5) is 12.7. The van der Waals surface area contributed by atoms with Crippen molar-refractivity contribution in [2.45, 2.75) is 25.3 Å². The Bertz CT molecular complexity index is 445. The number of aryl methyl sites for hydroxylation is 1. The highest BCUT2D eigenvalue weighted by molar-refractivity contribution is 5.69. The van der Waals surface area contributed by atoms with Gasteiger partial charge in [0.25, 0.3) is 0 Å². The largest absolute Gasteiger partial charge is 0.497 e. The van der Waals surface area contributed by atoms with Gasteiger partial charge in [0.05, 0.1) is 13.7 Å². The van der Waals surface area contributed by atoms with E-state index in [-0.39, 0.29) is 12.6 Å². The Hall–Kier alpha value is -1.55. The van der Waals surface area contributed by atoms with Crippen molar-refractivity contribution in [3.8, 4) is 5.75 Å². The minimum Gasteiger partial charge on any atom is -0.497 e. The van der Waals surface area contributed by atoms with E-state index in [9.17, 15) is 4.79 Å². The molecule has 0 bridgehead atoms. The summed E-state index contributed by atoms with van der Waals surface area (Å²) in [6.07, 6.45) is 3.18. The van der Waals surface area contributed by atoms with Gasteiger partial charge in [0.2, 0.25) is 0 Å². The summed E-state index contributed by atoms with van der Waals surface area (Å²) < 4.78 is 5.25. The molecule has 1 unspecified atom stereocenters. The molecule has 4 heteroatoms. The van der Waals surface area contributed by atoms with Crippen molar-refractivity contribution in [3.63, 3.8) is 0 Å². The zero-order chi connectivity index (χ0) is 13.1. The van der Waals surface area contributed by atoms with Crippen LogP contribution < -0.4 is 4.74 Å². The van der Waals surface area contributed by atoms with E-state index in [1.165, 1.54) is 11.1 Å². The third-order valence-electron chi connectivity index (χ3n) is 3.55. The van der Waals surface area contributed by atoms with Crippen LogP contribution in [0.15, 0.2) is 18.2 Å². The van der Waals surface area contributed by atoms with Gasteiger partial charge in [0, 0.05) is 6.04 Å². The molecule has 0 saturated heterocycles. The molecule has 1 atom stereocenters. The first kappa shape index (κ1) is 12.9. The number of ether oxygens (including phenoxy) is 1. The summed E-state index contributed by atoms with van der Waals surface area (Å²) in [5, 5.41) is 8.90. The number of carboxylic acid groups (broad SMARTS) is 1. The van der Waals surface area contributed by atoms with Gasteiger partial charge in [-0.1, -0.05) is 6.07 Å². The fourth-order valence-electron chi connectivity index (χ4n) is 2.66. The van der Waals surface area contributed by atoms with Gasteiger partial charge < -0.3 is 9.84 Å². The second-order valence-corrected chi connectivity index (χ2v) is 4.78. The Morgan fingerprint density at radius 2 is 2.33 bits per heavy atom. The van der Waals surface area contributed by atoms with Crippen molar-refractivity contribution in [1.82, 2.24) is 4.90 Å². The Kier molecular flexibility index (Phi) is 3.87. The molecule has 98 valence electrons. The molecule has 4 nitrogen and oxygen atoms in total. The predicted molar refractivity (Wildman–Crippen MR) is 68.9 cm³/mol. The van der Waals surface area contributed by atoms with E-state index in [1.807, 2.05) is 24.1 Å². The topological polar surface area (TPSA) is 49.8 Å². The van der Waals surface area contributed by atoms with Gasteiger partial charge in [-0.2, -0.15) is 0 Å². The molecule has 18 heavy (non-hydrogen) atoms. The summed E-state index contributed by atoms with van der Waals surface area (Å²) in [6, 6.07) is 6.28. The third kappa shape index (κ3) is 2.64. The molecular formula is C14H19NO3. The highest BCUT2D eigenvalue weighted by atomic mass is 16.5. The first-order chi connectivity index (χ1) is 8.61. The van der Waals surface area contributed by atoms with Gasteiger partial charge in [0.1, 0.15) is 5.75 Å². The molecule has 0 spiro atoms. The van der Waals surface area contributed by atoms with Gasteiger partial charge in [-0.3, -0.25) is 9.69 Å². The first-order valence-electron chi connectivity index (χ1n) is 6.20. The molecular weight excluding hydrogens is 230 g/mol. The van der Waals surface area contributed by atoms with E-state index < -0.39 is 5.97 Å². The van der Waals surface area contributed by atoms with Crippen LogP contribution in [-0.4, -0.2) is 36.7 Å². The van der Waals surface area contributed by atoms with Crippen LogP contribution in [0.4, 0.5) is 0 Å². The van der Waals surface area contributed by atoms with Crippen LogP contribution in [0, 0.1) is 0 Å². The van der Waals surface area contributed by atoms with E-state index in [0.717, 1.165) is 25.0 Å². The molecule has 0 aromatic heterocycles. The number of hydrogen-bond acceptors (Lipinski definition) is 3. The Labute approximate surface area is 107 Å². The van der Waals surface area contributed by atoms with E-state index in [1.54, 1.807) is 7.11 Å². The maximum atomic E-state index is 10.8. The smallest absolute Gasteiger partial charge is 0.317 e. The number of methoxy groups -OCH3 is 1. The Balaban J connectivity index is 2.28. The molecule has 0 fully saturated rings. The molecule has 0 amide bonds. The molecule has 0 radical (unpaired) electrons. The summed E-state index contributed by atoms with van der Waals surface area (Å²) in [5.41, 5.74) is 2.52. The molecule has 1 aliphatic rings. The molecule has 0 aliphatic heterocycles. The lowest BCUT2D eigenvalue weighted by atomic mass is 9.87. The third-order valence-corrected chi connectivity index (χ3v) is 3.55. The minimum absolute atomic E-state index is 0.0708. The maximum absolute atomic E-state index is 10.8. The second-order valence-electron chi connectivity index (χ2n) is 4.78. The van der Waals surface area contributed by atoms with Crippen molar-refractivity contribution in [1.29, 1.82) is 0 Å². The number of carboxylic acids is 1. The number of benzene rings is 1. The molecule has 1 N–H and O–H groups in total. The van der Waals surface area contributed by atoms with Crippen molar-refractivity contribution in [2.24, 2.45) is 0 Å². The van der Waals surface area contributed by atoms with Crippen LogP contribution in [0.25, 0.3) is 0 Å². The van der Waals surface area contributed by atoms with Crippen molar-refractivity contribution in [2.75, 3.05) is 20.7 Å². The standard InChI is InChI=1S/C14H19NO3/c1-15(9-14(16)17)13-5-3-4-10-6-7-11(18-2)8-12(10)13/h6-8,13H,3-5,9H2,1-2H3,(H,16,17). The Morgan fingerprint density at radius 1 is 1.56 bits per heavy atom. The molecule has 0 heterocycles. The summed E-state index contributed by atoms with van der Waals surface area (Å²) >= 11 is 0. The number of rotatable bonds is 4. The van der Waals surface area contributed by atoms with Gasteiger partial charge >= 0.3 is 5.97 Å². The van der Waals surface area contributed by atoms with Crippen LogP contribution in [0.2, 0.25) is 0 Å². The van der Waals surface area contributed by atoms with Gasteiger partial charge in [0.15, 0.2) is 0 Å². The fourth-order valence-corrected chi connectivity index (χ4v) is 2.66. The lowest BCUT2D eigenvalue weighted by Gasteiger charge is -2.32. The molecule has 2 rings (SSSR count). The van der Waals surface area contributed by atoms with E-state index in [4.69, 9.17) is 9.84 Å². The van der Waals surface area contributed by atoms with Crippen LogP contribution in [0.5, 0.6) is 5.75 Å². The second kappa shape index (κ2) is 5.40. The molecule has 1 aromatic carbocycles. The SMILES string of the molecule is COc1ccc2c(c1)C(N(C)CC(=O)O)CCC2. The van der Waals surface area contributed by atoms with E-state index >= 15 is 0 Å². The fraction of sp³-hybridized carbons (Fsp3) is 0.500. The zero-order valence-corrected chi connectivity index (χ0v) is 10.8. The lowest BCUT2D eigenvalue weighted by molar-refractivity contribution is -0.138. The minimum atomic E-state index is -0.785. The first-order valence-corrected chi connectivity index (χ1v) is 6.20. The van der Waals surface area contributed by atoms with Gasteiger partial charge in [-0.05, 0) is 49.6 Å². The van der Waals surface area contributed by atoms with E-state index in [2.05, 4.69) is 6.07 Å². The average molecular weight is 249 g/mol. The molecule has 0 saturated carbocycles. The Morgan fingerprint density at radius 3 is 3.00 bits per heavy atom. The predicted octanol–water partition coefficient (Wildman–Crippen LogP) is 2.09. The molecule has 1 aromatic rings. The number of carbonyl (C=O) groups is 1. The van der Waals surface area contributed by atoms with Crippen LogP contribution >= 0.6 is 0 Å². The zero-order valence-electron chi connectivity index (χ0n) is 10.8. The van der Waals surface area contributed by atoms with Crippen molar-refractivity contribution >= 4 is 5.97 Å². The quantitative estimate of drug-likeness (QED) is 0.887. The highest BCUT2D eigenvalue weighted by Crippen LogP contribution is 2.35. The number of likely N-dealkylation sites (N-methyl/N-ethyl adjacent to an activating group) is 1. The number of aliphatic carboxylic acids is 1. The maximum Gasteiger partial charge on any atom is 0.317 e. The van der Waals surface area contributed by atoms with Crippen LogP contribution in [0.1, 0.15) is 30.0 Å². The summed E-state index contributed by atoms with van der Waals surface area (Å²) in [6.45, 7) is 0.0708. The lowest BCUT2D eigenvalue weighted by Crippen LogP contribution is -2.32. The van der Waals surface area contributed by atoms with Crippen LogP contribution in [-0.2, 0) is 11.2 Å². The summed E-state index contributed by atoms with van der Waals surface area (Å²) in [7, 11) is 3.52. The monoisotopic (exact) mass is 249 g/mol. The van der Waals surface area contributed by atoms with Gasteiger partial charge in [-0.15, -0.1) is 0 Å². The van der Waals surface area contributed by atoms with Crippen LogP contribution in [0.3, 0.4) is 0 Å². The average Bonchev–Trinajstić information content (AvgIpc) is 2.36. The van der Waals surface area contributed by atoms with Crippen molar-refractivity contribution in [3.05, 3.63) is 29.3 Å². The molecule has 1 aliphatic carbocycles. The number of fused-ring (bicyclic) bond motifs is 1. The number of nitrogens with zero attached hydrogens (tertiary/aromatic N) is 1. The normalized spacial score (nSPS) is 18.5. The number of hydrogen-bond donors (Lipinski definition) is 1. The van der Waals surface area contributed by atoms with Gasteiger partial charge in [-0.25, -0.2) is 0 Å². The highest BCUT2D eigenvalue weighted by Gasteiger charge is 2.25. The summed E-state index contributed by atoms with van der Waals surface area (Å²) in [5.74, 6) is 0.0527.